The van der Waals surface area contributed by atoms with Gasteiger partial charge in [-0.1, -0.05) is 43.0 Å². The number of ether oxygens (including phenoxy) is 2. The van der Waals surface area contributed by atoms with Crippen LogP contribution in [0.1, 0.15) is 51.5 Å². The topological polar surface area (TPSA) is 105 Å². The average Bonchev–Trinajstić information content (AvgIpc) is 2.95. The summed E-state index contributed by atoms with van der Waals surface area (Å²) in [6.45, 7) is 3.60. The Balaban J connectivity index is 1.61. The van der Waals surface area contributed by atoms with E-state index in [1.165, 1.54) is 11.8 Å². The minimum atomic E-state index is -3.84. The fourth-order valence-corrected chi connectivity index (χ4v) is 6.02. The zero-order chi connectivity index (χ0) is 28.0. The van der Waals surface area contributed by atoms with E-state index in [1.807, 2.05) is 0 Å². The van der Waals surface area contributed by atoms with Gasteiger partial charge in [-0.15, -0.1) is 0 Å². The smallest absolute Gasteiger partial charge is 0.244 e. The van der Waals surface area contributed by atoms with E-state index in [1.54, 1.807) is 49.4 Å². The summed E-state index contributed by atoms with van der Waals surface area (Å²) in [5, 5.41) is 3.65. The lowest BCUT2D eigenvalue weighted by Gasteiger charge is -2.33. The molecule has 1 N–H and O–H groups in total. The highest BCUT2D eigenvalue weighted by Crippen LogP contribution is 2.35. The second-order valence-electron chi connectivity index (χ2n) is 9.90. The van der Waals surface area contributed by atoms with Crippen LogP contribution in [-0.2, 0) is 26.2 Å². The molecular formula is C28H36ClN3O6S. The van der Waals surface area contributed by atoms with Crippen LogP contribution in [0.4, 0.5) is 5.69 Å². The minimum Gasteiger partial charge on any atom is -0.486 e. The third kappa shape index (κ3) is 7.36. The van der Waals surface area contributed by atoms with E-state index in [-0.39, 0.29) is 24.2 Å². The van der Waals surface area contributed by atoms with E-state index in [0.717, 1.165) is 42.0 Å². The van der Waals surface area contributed by atoms with Crippen LogP contribution in [0.25, 0.3) is 0 Å². The molecule has 1 heterocycles. The zero-order valence-corrected chi connectivity index (χ0v) is 24.0. The van der Waals surface area contributed by atoms with Crippen LogP contribution in [0.15, 0.2) is 42.5 Å². The number of hydrogen-bond acceptors (Lipinski definition) is 6. The summed E-state index contributed by atoms with van der Waals surface area (Å²) in [5.74, 6) is -0.0243. The molecule has 0 bridgehead atoms. The molecule has 4 rings (SSSR count). The van der Waals surface area contributed by atoms with Gasteiger partial charge >= 0.3 is 0 Å². The number of fused-ring (bicyclic) bond motifs is 1. The first kappa shape index (κ1) is 29.0. The second kappa shape index (κ2) is 12.9. The predicted molar refractivity (Wildman–Crippen MR) is 151 cm³/mol. The van der Waals surface area contributed by atoms with Crippen molar-refractivity contribution in [2.75, 3.05) is 29.8 Å². The van der Waals surface area contributed by atoms with Crippen molar-refractivity contribution in [2.24, 2.45) is 0 Å². The maximum absolute atomic E-state index is 13.8. The number of rotatable bonds is 10. The van der Waals surface area contributed by atoms with E-state index in [4.69, 9.17) is 21.1 Å². The Morgan fingerprint density at radius 2 is 1.69 bits per heavy atom. The second-order valence-corrected chi connectivity index (χ2v) is 12.5. The Kier molecular flexibility index (Phi) is 9.61. The molecule has 1 saturated carbocycles. The average molecular weight is 578 g/mol. The molecule has 2 amide bonds. The van der Waals surface area contributed by atoms with Gasteiger partial charge in [0, 0.05) is 23.7 Å². The van der Waals surface area contributed by atoms with Gasteiger partial charge in [-0.25, -0.2) is 8.42 Å². The molecule has 1 atom stereocenters. The number of carbonyl (C=O) groups excluding carboxylic acids is 2. The van der Waals surface area contributed by atoms with E-state index >= 15 is 0 Å². The molecule has 39 heavy (non-hydrogen) atoms. The van der Waals surface area contributed by atoms with E-state index < -0.39 is 28.5 Å². The van der Waals surface area contributed by atoms with Crippen molar-refractivity contribution in [2.45, 2.75) is 64.6 Å². The van der Waals surface area contributed by atoms with Gasteiger partial charge < -0.3 is 19.7 Å². The summed E-state index contributed by atoms with van der Waals surface area (Å²) >= 11 is 6.05. The van der Waals surface area contributed by atoms with Crippen molar-refractivity contribution >= 4 is 39.1 Å². The summed E-state index contributed by atoms with van der Waals surface area (Å²) < 4.78 is 38.6. The quantitative estimate of drug-likeness (QED) is 0.455. The Morgan fingerprint density at radius 3 is 2.36 bits per heavy atom. The largest absolute Gasteiger partial charge is 0.486 e. The third-order valence-electron chi connectivity index (χ3n) is 7.18. The molecule has 0 radical (unpaired) electrons. The molecule has 9 nitrogen and oxygen atoms in total. The van der Waals surface area contributed by atoms with Gasteiger partial charge in [0.1, 0.15) is 25.8 Å². The third-order valence-corrected chi connectivity index (χ3v) is 9.17. The highest BCUT2D eigenvalue weighted by atomic mass is 35.5. The standard InChI is InChI=1S/C28H36ClN3O6S/c1-3-39(35,36)32(24-13-14-25-26(17-24)38-16-15-37-25)19-27(33)31(18-21-9-11-22(29)12-10-21)20(2)28(34)30-23-7-5-4-6-8-23/h9-14,17,20,23H,3-8,15-16,18-19H2,1-2H3,(H,30,34)/t20-/m1/s1. The molecule has 1 aliphatic heterocycles. The molecule has 0 unspecified atom stereocenters. The molecule has 1 aliphatic carbocycles. The minimum absolute atomic E-state index is 0.0795. The molecular weight excluding hydrogens is 542 g/mol. The first-order chi connectivity index (χ1) is 18.7. The fraction of sp³-hybridized carbons (Fsp3) is 0.500. The number of hydrogen-bond donors (Lipinski definition) is 1. The highest BCUT2D eigenvalue weighted by molar-refractivity contribution is 7.92. The SMILES string of the molecule is CCS(=O)(=O)N(CC(=O)N(Cc1ccc(Cl)cc1)[C@H](C)C(=O)NC1CCCCC1)c1ccc2c(c1)OCCO2. The summed E-state index contributed by atoms with van der Waals surface area (Å²) in [6.07, 6.45) is 5.11. The molecule has 0 aromatic heterocycles. The van der Waals surface area contributed by atoms with Crippen molar-refractivity contribution in [3.8, 4) is 11.5 Å². The molecule has 2 aliphatic rings. The maximum atomic E-state index is 13.8. The van der Waals surface area contributed by atoms with Crippen molar-refractivity contribution in [3.63, 3.8) is 0 Å². The summed E-state index contributed by atoms with van der Waals surface area (Å²) in [6, 6.07) is 11.1. The van der Waals surface area contributed by atoms with E-state index in [9.17, 15) is 18.0 Å². The molecule has 0 spiro atoms. The van der Waals surface area contributed by atoms with Gasteiger partial charge in [-0.2, -0.15) is 0 Å². The fourth-order valence-electron chi connectivity index (χ4n) is 4.84. The Morgan fingerprint density at radius 1 is 1.03 bits per heavy atom. The van der Waals surface area contributed by atoms with Gasteiger partial charge in [-0.05, 0) is 56.5 Å². The van der Waals surface area contributed by atoms with Gasteiger partial charge in [-0.3, -0.25) is 13.9 Å². The Hall–Kier alpha value is -2.98. The van der Waals surface area contributed by atoms with E-state index in [0.29, 0.717) is 35.4 Å². The van der Waals surface area contributed by atoms with Gasteiger partial charge in [0.2, 0.25) is 21.8 Å². The number of nitrogens with zero attached hydrogens (tertiary/aromatic N) is 2. The predicted octanol–water partition coefficient (Wildman–Crippen LogP) is 4.13. The van der Waals surface area contributed by atoms with Crippen molar-refractivity contribution in [3.05, 3.63) is 53.1 Å². The van der Waals surface area contributed by atoms with Gasteiger partial charge in [0.05, 0.1) is 11.4 Å². The van der Waals surface area contributed by atoms with Crippen LogP contribution >= 0.6 is 11.6 Å². The van der Waals surface area contributed by atoms with Crippen LogP contribution in [0, 0.1) is 0 Å². The van der Waals surface area contributed by atoms with Crippen LogP contribution < -0.4 is 19.1 Å². The first-order valence-electron chi connectivity index (χ1n) is 13.4. The van der Waals surface area contributed by atoms with E-state index in [2.05, 4.69) is 5.32 Å². The lowest BCUT2D eigenvalue weighted by molar-refractivity contribution is -0.139. The summed E-state index contributed by atoms with van der Waals surface area (Å²) in [7, 11) is -3.84. The zero-order valence-electron chi connectivity index (χ0n) is 22.4. The van der Waals surface area contributed by atoms with Gasteiger partial charge in [0.15, 0.2) is 11.5 Å². The highest BCUT2D eigenvalue weighted by Gasteiger charge is 2.32. The number of carbonyl (C=O) groups is 2. The molecule has 0 saturated heterocycles. The monoisotopic (exact) mass is 577 g/mol. The first-order valence-corrected chi connectivity index (χ1v) is 15.4. The number of anilines is 1. The lowest BCUT2D eigenvalue weighted by Crippen LogP contribution is -2.53. The van der Waals surface area contributed by atoms with Crippen LogP contribution in [0.3, 0.4) is 0 Å². The van der Waals surface area contributed by atoms with Crippen molar-refractivity contribution < 1.29 is 27.5 Å². The molecule has 2 aromatic carbocycles. The Labute approximate surface area is 235 Å². The molecule has 212 valence electrons. The molecule has 2 aromatic rings. The maximum Gasteiger partial charge on any atom is 0.244 e. The van der Waals surface area contributed by atoms with Crippen molar-refractivity contribution in [1.82, 2.24) is 10.2 Å². The number of sulfonamides is 1. The Bertz CT molecular complexity index is 1260. The molecule has 1 fully saturated rings. The number of amides is 2. The number of halogens is 1. The van der Waals surface area contributed by atoms with Crippen LogP contribution in [-0.4, -0.2) is 62.7 Å². The van der Waals surface area contributed by atoms with Crippen LogP contribution in [0.2, 0.25) is 5.02 Å². The van der Waals surface area contributed by atoms with Crippen LogP contribution in [0.5, 0.6) is 11.5 Å². The van der Waals surface area contributed by atoms with Gasteiger partial charge in [0.25, 0.3) is 0 Å². The normalized spacial score (nSPS) is 16.3. The number of nitrogens with one attached hydrogen (secondary N) is 1. The summed E-state index contributed by atoms with van der Waals surface area (Å²) in [4.78, 5) is 28.6. The number of benzene rings is 2. The van der Waals surface area contributed by atoms with Crippen molar-refractivity contribution in [1.29, 1.82) is 0 Å². The molecule has 11 heteroatoms. The summed E-state index contributed by atoms with van der Waals surface area (Å²) in [5.41, 5.74) is 1.06. The lowest BCUT2D eigenvalue weighted by atomic mass is 9.95.